The van der Waals surface area contributed by atoms with E-state index in [0.29, 0.717) is 0 Å². The summed E-state index contributed by atoms with van der Waals surface area (Å²) in [6.07, 6.45) is 0. The third-order valence-corrected chi connectivity index (χ3v) is 19.6. The highest BCUT2D eigenvalue weighted by molar-refractivity contribution is 7.20. The average Bonchev–Trinajstić information content (AvgIpc) is 4.08. The maximum atomic E-state index is 2.52. The second-order valence-corrected chi connectivity index (χ2v) is 22.2. The average molecular weight is 908 g/mol. The highest BCUT2D eigenvalue weighted by Gasteiger charge is 2.43. The van der Waals surface area contributed by atoms with Crippen LogP contribution in [0.1, 0.15) is 0 Å². The molecule has 0 aliphatic carbocycles. The number of hydrogen-bond donors (Lipinski definition) is 0. The van der Waals surface area contributed by atoms with E-state index in [1.54, 1.807) is 0 Å². The van der Waals surface area contributed by atoms with Gasteiger partial charge < -0.3 is 13.7 Å². The zero-order chi connectivity index (χ0) is 46.2. The molecule has 0 spiro atoms. The van der Waals surface area contributed by atoms with Crippen LogP contribution in [-0.4, -0.2) is 21.8 Å². The number of aromatic nitrogens is 3. The van der Waals surface area contributed by atoms with E-state index in [1.807, 2.05) is 0 Å². The maximum Gasteiger partial charge on any atom is 0.180 e. The molecular weight excluding hydrogens is 863 g/mol. The van der Waals surface area contributed by atoms with E-state index in [4.69, 9.17) is 0 Å². The Bertz CT molecular complexity index is 4130. The van der Waals surface area contributed by atoms with Crippen LogP contribution in [0.2, 0.25) is 0 Å². The van der Waals surface area contributed by atoms with Crippen molar-refractivity contribution in [2.24, 2.45) is 0 Å². The first-order valence-electron chi connectivity index (χ1n) is 24.2. The van der Waals surface area contributed by atoms with Gasteiger partial charge in [0.1, 0.15) is 0 Å². The molecule has 0 radical (unpaired) electrons. The Morgan fingerprint density at radius 2 is 0.700 bits per heavy atom. The molecule has 3 nitrogen and oxygen atoms in total. The van der Waals surface area contributed by atoms with Gasteiger partial charge in [-0.2, -0.15) is 0 Å². The summed E-state index contributed by atoms with van der Waals surface area (Å²) in [7, 11) is -2.91. The molecule has 0 amide bonds. The summed E-state index contributed by atoms with van der Waals surface area (Å²) in [6.45, 7) is 0. The van der Waals surface area contributed by atoms with E-state index in [1.165, 1.54) is 86.3 Å². The lowest BCUT2D eigenvalue weighted by Crippen LogP contribution is -2.74. The quantitative estimate of drug-likeness (QED) is 0.107. The topological polar surface area (TPSA) is 14.8 Å². The molecule has 328 valence electrons. The number of fused-ring (bicyclic) bond motifs is 9. The van der Waals surface area contributed by atoms with Crippen LogP contribution < -0.4 is 20.7 Å². The van der Waals surface area contributed by atoms with Crippen molar-refractivity contribution >= 4 is 94.2 Å². The summed E-state index contributed by atoms with van der Waals surface area (Å²) < 4.78 is 7.45. The summed E-state index contributed by atoms with van der Waals surface area (Å²) in [5.74, 6) is 0. The molecule has 0 saturated heterocycles. The Morgan fingerprint density at radius 3 is 1.33 bits per heavy atom. The molecule has 0 fully saturated rings. The van der Waals surface area contributed by atoms with Gasteiger partial charge in [0, 0.05) is 49.3 Å². The molecule has 14 aromatic rings. The molecule has 0 N–H and O–H groups in total. The highest BCUT2D eigenvalue weighted by Crippen LogP contribution is 2.41. The Hall–Kier alpha value is -8.96. The second-order valence-electron chi connectivity index (χ2n) is 18.4. The largest absolute Gasteiger partial charge is 0.309 e. The van der Waals surface area contributed by atoms with Crippen molar-refractivity contribution in [1.29, 1.82) is 0 Å². The molecule has 3 aromatic heterocycles. The monoisotopic (exact) mass is 907 g/mol. The van der Waals surface area contributed by atoms with Crippen molar-refractivity contribution in [2.75, 3.05) is 0 Å². The lowest BCUT2D eigenvalue weighted by atomic mass is 10.0. The van der Waals surface area contributed by atoms with E-state index in [-0.39, 0.29) is 0 Å². The van der Waals surface area contributed by atoms with Crippen molar-refractivity contribution in [2.45, 2.75) is 0 Å². The van der Waals surface area contributed by atoms with Gasteiger partial charge in [-0.3, -0.25) is 0 Å². The molecule has 0 atom stereocenters. The standard InChI is InChI=1S/C66H45N3Si/c1-5-22-46(23-6-1)52-30-13-17-34-58(52)69-62-43-41-47(67-59-35-18-14-31-53(59)54-32-15-19-36-60(54)67)44-57(62)55-42-40-48(45-64(55)69)68-61-37-20-16-33-56(61)66-63(68)38-21-39-65(66)70(49-24-7-2-8-25-49,50-26-9-3-10-27-50)51-28-11-4-12-29-51/h1-45H. The van der Waals surface area contributed by atoms with Gasteiger partial charge >= 0.3 is 0 Å². The minimum Gasteiger partial charge on any atom is -0.309 e. The molecule has 11 aromatic carbocycles. The van der Waals surface area contributed by atoms with Gasteiger partial charge in [-0.05, 0) is 87.0 Å². The summed E-state index contributed by atoms with van der Waals surface area (Å²) in [6, 6.07) is 101. The summed E-state index contributed by atoms with van der Waals surface area (Å²) in [4.78, 5) is 0. The van der Waals surface area contributed by atoms with Gasteiger partial charge in [-0.25, -0.2) is 0 Å². The van der Waals surface area contributed by atoms with E-state index in [2.05, 4.69) is 287 Å². The number of hydrogen-bond acceptors (Lipinski definition) is 0. The minimum atomic E-state index is -2.91. The van der Waals surface area contributed by atoms with Crippen molar-refractivity contribution < 1.29 is 0 Å². The normalized spacial score (nSPS) is 12.0. The van der Waals surface area contributed by atoms with Crippen molar-refractivity contribution in [1.82, 2.24) is 13.7 Å². The molecule has 4 heteroatoms. The third kappa shape index (κ3) is 5.94. The predicted molar refractivity (Wildman–Crippen MR) is 299 cm³/mol. The van der Waals surface area contributed by atoms with Crippen LogP contribution in [0.5, 0.6) is 0 Å². The predicted octanol–water partition coefficient (Wildman–Crippen LogP) is 14.0. The van der Waals surface area contributed by atoms with E-state index >= 15 is 0 Å². The highest BCUT2D eigenvalue weighted by atomic mass is 28.3. The fourth-order valence-corrected chi connectivity index (χ4v) is 16.9. The fourth-order valence-electron chi connectivity index (χ4n) is 11.9. The van der Waals surface area contributed by atoms with Gasteiger partial charge in [0.25, 0.3) is 0 Å². The first-order valence-corrected chi connectivity index (χ1v) is 26.2. The Labute approximate surface area is 407 Å². The van der Waals surface area contributed by atoms with Gasteiger partial charge in [0.05, 0.1) is 38.8 Å². The number of para-hydroxylation sites is 4. The van der Waals surface area contributed by atoms with Crippen molar-refractivity contribution in [3.63, 3.8) is 0 Å². The Balaban J connectivity index is 1.07. The van der Waals surface area contributed by atoms with Crippen LogP contribution in [0, 0.1) is 0 Å². The molecule has 0 aliphatic rings. The molecule has 0 aliphatic heterocycles. The van der Waals surface area contributed by atoms with Crippen LogP contribution in [0.25, 0.3) is 93.6 Å². The molecule has 3 heterocycles. The molecule has 14 rings (SSSR count). The van der Waals surface area contributed by atoms with Gasteiger partial charge in [0.2, 0.25) is 0 Å². The van der Waals surface area contributed by atoms with Gasteiger partial charge in [-0.1, -0.05) is 212 Å². The van der Waals surface area contributed by atoms with Crippen LogP contribution in [0.15, 0.2) is 273 Å². The SMILES string of the molecule is c1ccc(-c2ccccc2-n2c3ccc(-n4c5ccccc5c5ccccc54)cc3c3ccc(-n4c5ccccc5c5c([Si](c6ccccc6)(c6ccccc6)c6ccccc6)cccc54)cc32)cc1. The summed E-state index contributed by atoms with van der Waals surface area (Å²) >= 11 is 0. The van der Waals surface area contributed by atoms with Crippen molar-refractivity contribution in [3.05, 3.63) is 273 Å². The lowest BCUT2D eigenvalue weighted by Gasteiger charge is -2.35. The van der Waals surface area contributed by atoms with E-state index in [9.17, 15) is 0 Å². The smallest absolute Gasteiger partial charge is 0.180 e. The summed E-state index contributed by atoms with van der Waals surface area (Å²) in [5.41, 5.74) is 12.9. The number of rotatable bonds is 8. The molecule has 0 saturated carbocycles. The number of benzene rings is 11. The first kappa shape index (κ1) is 40.1. The van der Waals surface area contributed by atoms with Crippen LogP contribution in [0.4, 0.5) is 0 Å². The zero-order valence-electron chi connectivity index (χ0n) is 38.3. The van der Waals surface area contributed by atoms with Crippen LogP contribution >= 0.6 is 0 Å². The second kappa shape index (κ2) is 16.1. The third-order valence-electron chi connectivity index (χ3n) is 14.8. The maximum absolute atomic E-state index is 2.91. The number of nitrogens with zero attached hydrogens (tertiary/aromatic N) is 3. The Morgan fingerprint density at radius 1 is 0.257 bits per heavy atom. The van der Waals surface area contributed by atoms with Crippen molar-refractivity contribution in [3.8, 4) is 28.2 Å². The minimum absolute atomic E-state index is 1.12. The molecule has 0 unspecified atom stereocenters. The Kier molecular flexibility index (Phi) is 9.23. The lowest BCUT2D eigenvalue weighted by molar-refractivity contribution is 1.15. The van der Waals surface area contributed by atoms with Crippen LogP contribution in [0.3, 0.4) is 0 Å². The molecule has 70 heavy (non-hydrogen) atoms. The summed E-state index contributed by atoms with van der Waals surface area (Å²) in [5, 5.41) is 12.9. The first-order chi connectivity index (χ1) is 34.8. The molecular formula is C66H45N3Si. The fraction of sp³-hybridized carbons (Fsp3) is 0. The van der Waals surface area contributed by atoms with E-state index < -0.39 is 8.07 Å². The van der Waals surface area contributed by atoms with Gasteiger partial charge in [-0.15, -0.1) is 0 Å². The zero-order valence-corrected chi connectivity index (χ0v) is 39.3. The van der Waals surface area contributed by atoms with Crippen LogP contribution in [-0.2, 0) is 0 Å². The van der Waals surface area contributed by atoms with E-state index in [0.717, 1.165) is 28.1 Å². The molecule has 0 bridgehead atoms. The van der Waals surface area contributed by atoms with Gasteiger partial charge in [0.15, 0.2) is 8.07 Å².